The van der Waals surface area contributed by atoms with Crippen LogP contribution in [0, 0.1) is 0 Å². The Bertz CT molecular complexity index is 847. The summed E-state index contributed by atoms with van der Waals surface area (Å²) in [6.45, 7) is 1.05. The summed E-state index contributed by atoms with van der Waals surface area (Å²) in [6, 6.07) is 11.1. The van der Waals surface area contributed by atoms with Crippen LogP contribution in [0.5, 0.6) is 11.5 Å². The van der Waals surface area contributed by atoms with Crippen molar-refractivity contribution in [3.05, 3.63) is 47.5 Å². The fourth-order valence-electron chi connectivity index (χ4n) is 3.06. The van der Waals surface area contributed by atoms with E-state index in [1.54, 1.807) is 18.2 Å². The molecule has 6 nitrogen and oxygen atoms in total. The lowest BCUT2D eigenvalue weighted by Crippen LogP contribution is -2.20. The largest absolute Gasteiger partial charge is 0.486 e. The molecular formula is C19H18N2O4. The third-order valence-corrected chi connectivity index (χ3v) is 4.26. The average Bonchev–Trinajstić information content (AvgIpc) is 2.61. The van der Waals surface area contributed by atoms with Crippen LogP contribution in [0.15, 0.2) is 36.4 Å². The van der Waals surface area contributed by atoms with Crippen molar-refractivity contribution >= 4 is 23.2 Å². The molecule has 0 atom stereocenters. The molecule has 0 saturated carbocycles. The van der Waals surface area contributed by atoms with E-state index in [0.29, 0.717) is 43.2 Å². The molecule has 0 aliphatic carbocycles. The van der Waals surface area contributed by atoms with Crippen LogP contribution >= 0.6 is 0 Å². The van der Waals surface area contributed by atoms with Gasteiger partial charge >= 0.3 is 0 Å². The highest BCUT2D eigenvalue weighted by molar-refractivity contribution is 5.95. The minimum Gasteiger partial charge on any atom is -0.486 e. The summed E-state index contributed by atoms with van der Waals surface area (Å²) in [5.74, 6) is 1.28. The van der Waals surface area contributed by atoms with Gasteiger partial charge in [-0.1, -0.05) is 12.1 Å². The summed E-state index contributed by atoms with van der Waals surface area (Å²) in [7, 11) is 0. The van der Waals surface area contributed by atoms with E-state index < -0.39 is 0 Å². The Morgan fingerprint density at radius 3 is 2.76 bits per heavy atom. The fourth-order valence-corrected chi connectivity index (χ4v) is 3.06. The molecule has 0 unspecified atom stereocenters. The number of anilines is 2. The molecule has 2 aromatic carbocycles. The lowest BCUT2D eigenvalue weighted by molar-refractivity contribution is -0.117. The van der Waals surface area contributed by atoms with Gasteiger partial charge in [0.2, 0.25) is 11.8 Å². The molecule has 2 N–H and O–H groups in total. The molecule has 0 fully saturated rings. The minimum atomic E-state index is -0.100. The highest BCUT2D eigenvalue weighted by Crippen LogP contribution is 2.32. The van der Waals surface area contributed by atoms with Crippen molar-refractivity contribution in [2.45, 2.75) is 19.3 Å². The number of hydrogen-bond donors (Lipinski definition) is 2. The maximum Gasteiger partial charge on any atom is 0.228 e. The zero-order valence-electron chi connectivity index (χ0n) is 13.6. The number of hydrogen-bond acceptors (Lipinski definition) is 4. The zero-order valence-corrected chi connectivity index (χ0v) is 13.6. The Labute approximate surface area is 145 Å². The normalized spacial score (nSPS) is 15.1. The fraction of sp³-hybridized carbons (Fsp3) is 0.263. The van der Waals surface area contributed by atoms with E-state index in [1.165, 1.54) is 0 Å². The Morgan fingerprint density at radius 1 is 1.04 bits per heavy atom. The Morgan fingerprint density at radius 2 is 1.88 bits per heavy atom. The highest BCUT2D eigenvalue weighted by atomic mass is 16.6. The number of aryl methyl sites for hydroxylation is 1. The first-order chi connectivity index (χ1) is 12.2. The summed E-state index contributed by atoms with van der Waals surface area (Å²) in [5.41, 5.74) is 3.51. The van der Waals surface area contributed by atoms with Gasteiger partial charge in [0.05, 0.1) is 6.42 Å². The van der Waals surface area contributed by atoms with E-state index in [-0.39, 0.29) is 18.2 Å². The topological polar surface area (TPSA) is 76.7 Å². The predicted octanol–water partition coefficient (Wildman–Crippen LogP) is 2.52. The van der Waals surface area contributed by atoms with Gasteiger partial charge in [-0.3, -0.25) is 9.59 Å². The molecule has 2 aromatic rings. The summed E-state index contributed by atoms with van der Waals surface area (Å²) in [5, 5.41) is 5.73. The van der Waals surface area contributed by atoms with Gasteiger partial charge in [-0.15, -0.1) is 0 Å². The lowest BCUT2D eigenvalue weighted by Gasteiger charge is -2.19. The first kappa shape index (κ1) is 15.5. The summed E-state index contributed by atoms with van der Waals surface area (Å²) >= 11 is 0. The third kappa shape index (κ3) is 3.42. The monoisotopic (exact) mass is 338 g/mol. The summed E-state index contributed by atoms with van der Waals surface area (Å²) in [4.78, 5) is 23.7. The number of rotatable bonds is 3. The van der Waals surface area contributed by atoms with Gasteiger partial charge in [0, 0.05) is 23.9 Å². The van der Waals surface area contributed by atoms with Gasteiger partial charge in [-0.2, -0.15) is 0 Å². The van der Waals surface area contributed by atoms with Gasteiger partial charge in [0.15, 0.2) is 11.5 Å². The molecule has 25 heavy (non-hydrogen) atoms. The molecule has 128 valence electrons. The highest BCUT2D eigenvalue weighted by Gasteiger charge is 2.16. The van der Waals surface area contributed by atoms with Crippen LogP contribution in [0.1, 0.15) is 17.5 Å². The second-order valence-electron chi connectivity index (χ2n) is 6.12. The number of benzene rings is 2. The second kappa shape index (κ2) is 6.47. The number of carbonyl (C=O) groups is 2. The molecule has 2 aliphatic heterocycles. The molecule has 0 bridgehead atoms. The van der Waals surface area contributed by atoms with E-state index in [4.69, 9.17) is 9.47 Å². The van der Waals surface area contributed by atoms with Crippen LogP contribution in [0.2, 0.25) is 0 Å². The van der Waals surface area contributed by atoms with Gasteiger partial charge in [-0.25, -0.2) is 0 Å². The van der Waals surface area contributed by atoms with Crippen molar-refractivity contribution in [1.29, 1.82) is 0 Å². The molecule has 0 spiro atoms. The van der Waals surface area contributed by atoms with Crippen molar-refractivity contribution in [2.24, 2.45) is 0 Å². The SMILES string of the molecule is O=C(Cc1ccc2c(c1)CCC(=O)N2)Nc1ccc2c(c1)OCCO2. The zero-order chi connectivity index (χ0) is 17.2. The van der Waals surface area contributed by atoms with Crippen molar-refractivity contribution in [2.75, 3.05) is 23.8 Å². The smallest absolute Gasteiger partial charge is 0.228 e. The molecule has 2 heterocycles. The van der Waals surface area contributed by atoms with Gasteiger partial charge < -0.3 is 20.1 Å². The van der Waals surface area contributed by atoms with Crippen molar-refractivity contribution in [3.63, 3.8) is 0 Å². The number of amides is 2. The van der Waals surface area contributed by atoms with Gasteiger partial charge in [-0.05, 0) is 35.7 Å². The number of fused-ring (bicyclic) bond motifs is 2. The first-order valence-electron chi connectivity index (χ1n) is 8.28. The lowest BCUT2D eigenvalue weighted by atomic mass is 9.99. The van der Waals surface area contributed by atoms with Crippen LogP contribution in [-0.4, -0.2) is 25.0 Å². The van der Waals surface area contributed by atoms with Crippen LogP contribution in [0.4, 0.5) is 11.4 Å². The van der Waals surface area contributed by atoms with Crippen molar-refractivity contribution < 1.29 is 19.1 Å². The maximum atomic E-state index is 12.3. The van der Waals surface area contributed by atoms with Crippen molar-refractivity contribution in [3.8, 4) is 11.5 Å². The third-order valence-electron chi connectivity index (χ3n) is 4.26. The molecule has 2 aliphatic rings. The van der Waals surface area contributed by atoms with Crippen LogP contribution in [0.3, 0.4) is 0 Å². The van der Waals surface area contributed by atoms with Crippen LogP contribution in [0.25, 0.3) is 0 Å². The Hall–Kier alpha value is -3.02. The quantitative estimate of drug-likeness (QED) is 0.902. The summed E-state index contributed by atoms with van der Waals surface area (Å²) < 4.78 is 11.0. The number of ether oxygens (including phenoxy) is 2. The average molecular weight is 338 g/mol. The second-order valence-corrected chi connectivity index (χ2v) is 6.12. The number of carbonyl (C=O) groups excluding carboxylic acids is 2. The molecule has 0 saturated heterocycles. The molecule has 0 aromatic heterocycles. The molecule has 4 rings (SSSR count). The van der Waals surface area contributed by atoms with E-state index in [2.05, 4.69) is 10.6 Å². The van der Waals surface area contributed by atoms with Gasteiger partial charge in [0.25, 0.3) is 0 Å². The van der Waals surface area contributed by atoms with Crippen LogP contribution < -0.4 is 20.1 Å². The van der Waals surface area contributed by atoms with Crippen molar-refractivity contribution in [1.82, 2.24) is 0 Å². The van der Waals surface area contributed by atoms with E-state index in [9.17, 15) is 9.59 Å². The van der Waals surface area contributed by atoms with E-state index in [0.717, 1.165) is 16.8 Å². The van der Waals surface area contributed by atoms with E-state index >= 15 is 0 Å². The summed E-state index contributed by atoms with van der Waals surface area (Å²) in [6.07, 6.45) is 1.47. The maximum absolute atomic E-state index is 12.3. The minimum absolute atomic E-state index is 0.0385. The first-order valence-corrected chi connectivity index (χ1v) is 8.28. The molecule has 6 heteroatoms. The standard InChI is InChI=1S/C19H18N2O4/c22-18-6-2-13-9-12(1-4-15(13)21-18)10-19(23)20-14-3-5-16-17(11-14)25-8-7-24-16/h1,3-5,9,11H,2,6-8,10H2,(H,20,23)(H,21,22). The predicted molar refractivity (Wildman–Crippen MR) is 93.2 cm³/mol. The van der Waals surface area contributed by atoms with Crippen LogP contribution in [-0.2, 0) is 22.4 Å². The molecular weight excluding hydrogens is 320 g/mol. The van der Waals surface area contributed by atoms with Gasteiger partial charge in [0.1, 0.15) is 13.2 Å². The Balaban J connectivity index is 1.43. The molecule has 0 radical (unpaired) electrons. The van der Waals surface area contributed by atoms with E-state index in [1.807, 2.05) is 18.2 Å². The Kier molecular flexibility index (Phi) is 4.01. The molecule has 2 amide bonds. The number of nitrogens with one attached hydrogen (secondary N) is 2.